The average Bonchev–Trinajstić information content (AvgIpc) is 2.98. The van der Waals surface area contributed by atoms with Crippen molar-refractivity contribution in [2.45, 2.75) is 18.6 Å². The standard InChI is InChI=1S/C16H22N4O2S/c1-13(11-23-12-14-5-3-2-4-6-14)15-16(17)22-18-20(15)19-7-9-21-10-8-19/h2-6,13,17H,7-12H2,1H3. The van der Waals surface area contributed by atoms with E-state index in [2.05, 4.69) is 41.5 Å². The molecule has 124 valence electrons. The first-order valence-corrected chi connectivity index (χ1v) is 8.99. The molecular formula is C16H22N4O2S. The Bertz CT molecular complexity index is 614. The van der Waals surface area contributed by atoms with Crippen LogP contribution in [-0.2, 0) is 10.5 Å². The predicted molar refractivity (Wildman–Crippen MR) is 90.5 cm³/mol. The van der Waals surface area contributed by atoms with Crippen LogP contribution in [0.2, 0.25) is 0 Å². The molecule has 0 spiro atoms. The van der Waals surface area contributed by atoms with Gasteiger partial charge < -0.3 is 15.0 Å². The van der Waals surface area contributed by atoms with Crippen molar-refractivity contribution in [2.75, 3.05) is 37.1 Å². The summed E-state index contributed by atoms with van der Waals surface area (Å²) < 4.78 is 10.5. The third-order valence-corrected chi connectivity index (χ3v) is 5.13. The minimum atomic E-state index is 0.157. The largest absolute Gasteiger partial charge is 0.660 e. The van der Waals surface area contributed by atoms with Gasteiger partial charge in [-0.1, -0.05) is 37.3 Å². The quantitative estimate of drug-likeness (QED) is 0.760. The summed E-state index contributed by atoms with van der Waals surface area (Å²) in [5.41, 5.74) is 10.2. The highest BCUT2D eigenvalue weighted by Crippen LogP contribution is 2.27. The van der Waals surface area contributed by atoms with E-state index in [0.717, 1.165) is 30.3 Å². The van der Waals surface area contributed by atoms with Crippen molar-refractivity contribution in [1.29, 1.82) is 0 Å². The molecule has 0 saturated carbocycles. The summed E-state index contributed by atoms with van der Waals surface area (Å²) in [4.78, 5) is 1.76. The van der Waals surface area contributed by atoms with E-state index in [1.165, 1.54) is 5.56 Å². The Morgan fingerprint density at radius 1 is 1.30 bits per heavy atom. The van der Waals surface area contributed by atoms with Gasteiger partial charge in [0.05, 0.1) is 37.0 Å². The molecule has 1 aromatic heterocycles. The molecule has 2 heterocycles. The average molecular weight is 334 g/mol. The summed E-state index contributed by atoms with van der Waals surface area (Å²) in [5.74, 6) is 2.25. The molecule has 7 heteroatoms. The Labute approximate surface area is 140 Å². The van der Waals surface area contributed by atoms with Crippen molar-refractivity contribution in [3.05, 3.63) is 47.3 Å². The van der Waals surface area contributed by atoms with E-state index in [-0.39, 0.29) is 11.8 Å². The zero-order valence-corrected chi connectivity index (χ0v) is 14.1. The van der Waals surface area contributed by atoms with Crippen molar-refractivity contribution in [2.24, 2.45) is 0 Å². The minimum absolute atomic E-state index is 0.157. The first kappa shape index (κ1) is 16.1. The van der Waals surface area contributed by atoms with E-state index in [1.54, 1.807) is 4.79 Å². The molecule has 1 unspecified atom stereocenters. The maximum atomic E-state index is 8.02. The molecular weight excluding hydrogens is 312 g/mol. The van der Waals surface area contributed by atoms with Crippen molar-refractivity contribution in [3.8, 4) is 0 Å². The van der Waals surface area contributed by atoms with Crippen LogP contribution in [0.25, 0.3) is 5.73 Å². The molecule has 1 saturated heterocycles. The topological polar surface area (TPSA) is 66.2 Å². The number of aromatic nitrogens is 2. The van der Waals surface area contributed by atoms with Gasteiger partial charge in [-0.15, -0.1) is 5.01 Å². The lowest BCUT2D eigenvalue weighted by molar-refractivity contribution is -0.766. The Hall–Kier alpha value is -1.73. The summed E-state index contributed by atoms with van der Waals surface area (Å²) >= 11 is 1.87. The summed E-state index contributed by atoms with van der Waals surface area (Å²) in [6, 6.07) is 10.4. The van der Waals surface area contributed by atoms with Gasteiger partial charge in [0.1, 0.15) is 5.88 Å². The maximum absolute atomic E-state index is 8.02. The molecule has 2 aromatic rings. The number of morpholine rings is 1. The van der Waals surface area contributed by atoms with Crippen LogP contribution < -0.4 is 9.80 Å². The second kappa shape index (κ2) is 7.70. The number of nitrogens with zero attached hydrogens (tertiary/aromatic N) is 3. The van der Waals surface area contributed by atoms with E-state index in [1.807, 2.05) is 17.8 Å². The Kier molecular flexibility index (Phi) is 5.40. The number of hydrogen-bond acceptors (Lipinski definition) is 5. The van der Waals surface area contributed by atoms with Crippen LogP contribution in [0.1, 0.15) is 24.1 Å². The third kappa shape index (κ3) is 3.97. The van der Waals surface area contributed by atoms with Gasteiger partial charge in [0, 0.05) is 11.5 Å². The van der Waals surface area contributed by atoms with Crippen molar-refractivity contribution >= 4 is 17.6 Å². The van der Waals surface area contributed by atoms with Gasteiger partial charge in [-0.3, -0.25) is 0 Å². The van der Waals surface area contributed by atoms with E-state index < -0.39 is 0 Å². The Morgan fingerprint density at radius 3 is 2.78 bits per heavy atom. The number of nitrogens with one attached hydrogen (secondary N) is 1. The molecule has 1 atom stereocenters. The molecule has 1 fully saturated rings. The van der Waals surface area contributed by atoms with Gasteiger partial charge in [0.15, 0.2) is 0 Å². The molecule has 6 nitrogen and oxygen atoms in total. The molecule has 3 rings (SSSR count). The fraction of sp³-hybridized carbons (Fsp3) is 0.500. The van der Waals surface area contributed by atoms with E-state index in [4.69, 9.17) is 15.0 Å². The van der Waals surface area contributed by atoms with Crippen molar-refractivity contribution in [1.82, 2.24) is 5.27 Å². The minimum Gasteiger partial charge on any atom is -0.660 e. The number of hydrogen-bond donors (Lipinski definition) is 0. The normalized spacial score (nSPS) is 16.5. The summed E-state index contributed by atoms with van der Waals surface area (Å²) in [5, 5.41) is 6.12. The summed E-state index contributed by atoms with van der Waals surface area (Å²) in [7, 11) is 0. The van der Waals surface area contributed by atoms with Crippen LogP contribution in [-0.4, -0.2) is 37.3 Å². The Morgan fingerprint density at radius 2 is 2.04 bits per heavy atom. The molecule has 1 aliphatic rings. The number of rotatable bonds is 6. The molecule has 1 N–H and O–H groups in total. The highest BCUT2D eigenvalue weighted by Gasteiger charge is 2.31. The van der Waals surface area contributed by atoms with E-state index in [9.17, 15) is 0 Å². The smallest absolute Gasteiger partial charge is 0.272 e. The van der Waals surface area contributed by atoms with Crippen LogP contribution in [0.4, 0.5) is 5.88 Å². The van der Waals surface area contributed by atoms with Gasteiger partial charge in [0.2, 0.25) is 5.27 Å². The molecule has 0 amide bonds. The zero-order chi connectivity index (χ0) is 16.1. The highest BCUT2D eigenvalue weighted by molar-refractivity contribution is 7.98. The third-order valence-electron chi connectivity index (χ3n) is 3.86. The Balaban J connectivity index is 1.62. The first-order chi connectivity index (χ1) is 11.3. The lowest BCUT2D eigenvalue weighted by Gasteiger charge is -2.21. The number of benzene rings is 1. The lowest BCUT2D eigenvalue weighted by atomic mass is 10.1. The lowest BCUT2D eigenvalue weighted by Crippen LogP contribution is -2.65. The van der Waals surface area contributed by atoms with Gasteiger partial charge in [-0.05, 0) is 5.56 Å². The monoisotopic (exact) mass is 334 g/mol. The molecule has 23 heavy (non-hydrogen) atoms. The summed E-state index contributed by atoms with van der Waals surface area (Å²) in [6.07, 6.45) is 0. The van der Waals surface area contributed by atoms with Crippen LogP contribution >= 0.6 is 11.8 Å². The molecule has 0 aliphatic carbocycles. The van der Waals surface area contributed by atoms with Crippen LogP contribution in [0.3, 0.4) is 0 Å². The van der Waals surface area contributed by atoms with Crippen LogP contribution in [0, 0.1) is 0 Å². The number of thioether (sulfide) groups is 1. The fourth-order valence-corrected chi connectivity index (χ4v) is 3.69. The van der Waals surface area contributed by atoms with Gasteiger partial charge in [0.25, 0.3) is 5.69 Å². The zero-order valence-electron chi connectivity index (χ0n) is 13.3. The van der Waals surface area contributed by atoms with Crippen LogP contribution in [0.15, 0.2) is 34.9 Å². The molecule has 0 bridgehead atoms. The van der Waals surface area contributed by atoms with Crippen molar-refractivity contribution < 1.29 is 14.1 Å². The molecule has 0 radical (unpaired) electrons. The van der Waals surface area contributed by atoms with Gasteiger partial charge in [-0.25, -0.2) is 0 Å². The van der Waals surface area contributed by atoms with Gasteiger partial charge >= 0.3 is 0 Å². The maximum Gasteiger partial charge on any atom is 0.272 e. The predicted octanol–water partition coefficient (Wildman–Crippen LogP) is 2.65. The van der Waals surface area contributed by atoms with E-state index in [0.29, 0.717) is 13.2 Å². The first-order valence-electron chi connectivity index (χ1n) is 7.84. The molecule has 1 aliphatic heterocycles. The van der Waals surface area contributed by atoms with Gasteiger partial charge in [-0.2, -0.15) is 11.8 Å². The SMILES string of the molecule is CC(CSCc1ccccc1)c1c([NH-])on[n+]1N1CCOCC1. The summed E-state index contributed by atoms with van der Waals surface area (Å²) in [6.45, 7) is 5.04. The molecule has 1 aromatic carbocycles. The second-order valence-electron chi connectivity index (χ2n) is 5.64. The highest BCUT2D eigenvalue weighted by atomic mass is 32.2. The number of ether oxygens (including phenoxy) is 1. The van der Waals surface area contributed by atoms with E-state index >= 15 is 0 Å². The van der Waals surface area contributed by atoms with Crippen LogP contribution in [0.5, 0.6) is 0 Å². The fourth-order valence-electron chi connectivity index (χ4n) is 2.64. The second-order valence-corrected chi connectivity index (χ2v) is 6.67. The van der Waals surface area contributed by atoms with Crippen molar-refractivity contribution in [3.63, 3.8) is 0 Å².